The van der Waals surface area contributed by atoms with E-state index in [0.717, 1.165) is 28.9 Å². The maximum absolute atomic E-state index is 13.1. The zero-order chi connectivity index (χ0) is 18.5. The van der Waals surface area contributed by atoms with Crippen molar-refractivity contribution in [1.29, 1.82) is 0 Å². The summed E-state index contributed by atoms with van der Waals surface area (Å²) in [6.45, 7) is 0. The lowest BCUT2D eigenvalue weighted by molar-refractivity contribution is -0.118. The first-order chi connectivity index (χ1) is 13.1. The number of fused-ring (bicyclic) bond motifs is 1. The van der Waals surface area contributed by atoms with Crippen molar-refractivity contribution in [3.63, 3.8) is 0 Å². The Balaban J connectivity index is 1.44. The number of amides is 3. The van der Waals surface area contributed by atoms with Crippen LogP contribution in [0.3, 0.4) is 0 Å². The monoisotopic (exact) mass is 397 g/mol. The molecule has 136 valence electrons. The van der Waals surface area contributed by atoms with Gasteiger partial charge in [0.05, 0.1) is 17.9 Å². The maximum Gasteiger partial charge on any atom is 0.329 e. The van der Waals surface area contributed by atoms with Crippen molar-refractivity contribution in [3.05, 3.63) is 65.0 Å². The molecule has 2 unspecified atom stereocenters. The summed E-state index contributed by atoms with van der Waals surface area (Å²) in [5.74, 6) is 0.282. The Morgan fingerprint density at radius 3 is 2.78 bits per heavy atom. The van der Waals surface area contributed by atoms with Gasteiger partial charge in [0.2, 0.25) is 0 Å². The van der Waals surface area contributed by atoms with Crippen molar-refractivity contribution < 1.29 is 9.59 Å². The van der Waals surface area contributed by atoms with E-state index >= 15 is 0 Å². The molecule has 3 aliphatic rings. The molecule has 27 heavy (non-hydrogen) atoms. The van der Waals surface area contributed by atoms with Gasteiger partial charge in [-0.25, -0.2) is 9.69 Å². The summed E-state index contributed by atoms with van der Waals surface area (Å²) in [5.41, 5.74) is 2.50. The van der Waals surface area contributed by atoms with Gasteiger partial charge < -0.3 is 5.32 Å². The van der Waals surface area contributed by atoms with Crippen molar-refractivity contribution in [2.75, 3.05) is 4.90 Å². The topological polar surface area (TPSA) is 62.3 Å². The van der Waals surface area contributed by atoms with E-state index in [1.165, 1.54) is 16.7 Å². The normalized spacial score (nSPS) is 24.5. The van der Waals surface area contributed by atoms with Gasteiger partial charge in [-0.05, 0) is 42.5 Å². The van der Waals surface area contributed by atoms with Crippen LogP contribution >= 0.6 is 23.4 Å². The molecule has 1 aromatic carbocycles. The molecule has 1 N–H and O–H groups in total. The van der Waals surface area contributed by atoms with Gasteiger partial charge in [0.1, 0.15) is 5.25 Å². The van der Waals surface area contributed by atoms with Crippen LogP contribution in [0.25, 0.3) is 4.91 Å². The summed E-state index contributed by atoms with van der Waals surface area (Å²) in [7, 11) is 0. The molecule has 2 aliphatic heterocycles. The Hall–Kier alpha value is -2.31. The molecule has 1 saturated carbocycles. The second-order valence-corrected chi connectivity index (χ2v) is 8.54. The Labute approximate surface area is 165 Å². The highest BCUT2D eigenvalue weighted by molar-refractivity contribution is 8.09. The molecule has 1 aliphatic carbocycles. The third kappa shape index (κ3) is 2.93. The molecule has 2 fully saturated rings. The highest BCUT2D eigenvalue weighted by atomic mass is 35.5. The lowest BCUT2D eigenvalue weighted by Gasteiger charge is -2.33. The molecule has 1 saturated heterocycles. The highest BCUT2D eigenvalue weighted by Gasteiger charge is 2.45. The number of nitrogens with zero attached hydrogens (tertiary/aromatic N) is 2. The van der Waals surface area contributed by atoms with Crippen molar-refractivity contribution in [2.45, 2.75) is 30.1 Å². The predicted octanol–water partition coefficient (Wildman–Crippen LogP) is 4.19. The molecule has 0 bridgehead atoms. The lowest BCUT2D eigenvalue weighted by Crippen LogP contribution is -2.60. The number of rotatable bonds is 3. The molecule has 2 atom stereocenters. The van der Waals surface area contributed by atoms with Crippen LogP contribution in [0.5, 0.6) is 0 Å². The first kappa shape index (κ1) is 16.8. The number of carbonyl (C=O) groups is 2. The predicted molar refractivity (Wildman–Crippen MR) is 107 cm³/mol. The first-order valence-electron chi connectivity index (χ1n) is 8.84. The number of halogens is 1. The molecule has 1 aromatic heterocycles. The van der Waals surface area contributed by atoms with Crippen molar-refractivity contribution in [2.24, 2.45) is 0 Å². The van der Waals surface area contributed by atoms with Gasteiger partial charge in [0, 0.05) is 21.7 Å². The minimum absolute atomic E-state index is 0.221. The van der Waals surface area contributed by atoms with E-state index in [4.69, 9.17) is 11.6 Å². The van der Waals surface area contributed by atoms with Gasteiger partial charge in [-0.3, -0.25) is 9.78 Å². The number of nitrogens with one attached hydrogen (secondary N) is 1. The summed E-state index contributed by atoms with van der Waals surface area (Å²) < 4.78 is 0. The third-order valence-electron chi connectivity index (χ3n) is 5.06. The number of benzene rings is 1. The van der Waals surface area contributed by atoms with Gasteiger partial charge in [0.25, 0.3) is 5.91 Å². The van der Waals surface area contributed by atoms with Crippen LogP contribution in [0.4, 0.5) is 10.5 Å². The average Bonchev–Trinajstić information content (AvgIpc) is 3.43. The molecular formula is C20H16ClN3O2S. The zero-order valence-corrected chi connectivity index (χ0v) is 15.8. The van der Waals surface area contributed by atoms with E-state index in [1.807, 2.05) is 42.6 Å². The minimum Gasteiger partial charge on any atom is -0.329 e. The number of hydrogen-bond acceptors (Lipinski definition) is 4. The summed E-state index contributed by atoms with van der Waals surface area (Å²) in [4.78, 5) is 32.2. The van der Waals surface area contributed by atoms with E-state index in [9.17, 15) is 9.59 Å². The third-order valence-corrected chi connectivity index (χ3v) is 6.75. The second-order valence-electron chi connectivity index (χ2n) is 6.95. The number of aromatic nitrogens is 1. The Bertz CT molecular complexity index is 989. The molecule has 5 nitrogen and oxygen atoms in total. The van der Waals surface area contributed by atoms with Crippen LogP contribution in [0.1, 0.15) is 29.9 Å². The Morgan fingerprint density at radius 1 is 1.19 bits per heavy atom. The summed E-state index contributed by atoms with van der Waals surface area (Å²) >= 11 is 7.74. The fourth-order valence-electron chi connectivity index (χ4n) is 3.52. The van der Waals surface area contributed by atoms with Gasteiger partial charge in [-0.15, -0.1) is 11.8 Å². The number of carbonyl (C=O) groups excluding carboxylic acids is 2. The van der Waals surface area contributed by atoms with Crippen molar-refractivity contribution in [1.82, 2.24) is 10.3 Å². The molecular weight excluding hydrogens is 382 g/mol. The Kier molecular flexibility index (Phi) is 3.98. The van der Waals surface area contributed by atoms with Gasteiger partial charge in [-0.1, -0.05) is 29.8 Å². The molecule has 0 radical (unpaired) electrons. The summed E-state index contributed by atoms with van der Waals surface area (Å²) in [6, 6.07) is 8.68. The van der Waals surface area contributed by atoms with Crippen molar-refractivity contribution in [3.8, 4) is 0 Å². The lowest BCUT2D eigenvalue weighted by atomic mass is 10.1. The van der Waals surface area contributed by atoms with Gasteiger partial charge in [-0.2, -0.15) is 0 Å². The Morgan fingerprint density at radius 2 is 2.00 bits per heavy atom. The van der Waals surface area contributed by atoms with Crippen LogP contribution in [0, 0.1) is 0 Å². The van der Waals surface area contributed by atoms with E-state index in [1.54, 1.807) is 6.20 Å². The quantitative estimate of drug-likeness (QED) is 0.843. The van der Waals surface area contributed by atoms with E-state index in [-0.39, 0.29) is 11.9 Å². The standard InChI is InChI=1S/C20H16ClN3O2S/c21-15-4-2-1-3-14(15)17-8-16-18(27-17)19(25)24(20(26)23-16)13-7-12(9-22-10-13)11-5-6-11/h1-4,7-11,16,18H,5-6H2,(H,23,26). The largest absolute Gasteiger partial charge is 0.329 e. The highest BCUT2D eigenvalue weighted by Crippen LogP contribution is 2.45. The second kappa shape index (κ2) is 6.39. The first-order valence-corrected chi connectivity index (χ1v) is 10.1. The number of thioether (sulfide) groups is 1. The number of urea groups is 1. The zero-order valence-electron chi connectivity index (χ0n) is 14.3. The van der Waals surface area contributed by atoms with E-state index in [2.05, 4.69) is 10.3 Å². The molecule has 7 heteroatoms. The molecule has 3 amide bonds. The number of anilines is 1. The SMILES string of the molecule is O=C1NC2C=C(c3ccccc3Cl)SC2C(=O)N1c1cncc(C2CC2)c1. The average molecular weight is 398 g/mol. The fraction of sp³-hybridized carbons (Fsp3) is 0.250. The number of pyridine rings is 1. The van der Waals surface area contributed by atoms with Crippen LogP contribution in [-0.4, -0.2) is 28.2 Å². The number of hydrogen-bond donors (Lipinski definition) is 1. The van der Waals surface area contributed by atoms with E-state index in [0.29, 0.717) is 16.6 Å². The van der Waals surface area contributed by atoms with Gasteiger partial charge in [0.15, 0.2) is 0 Å². The summed E-state index contributed by atoms with van der Waals surface area (Å²) in [6.07, 6.45) is 7.58. The number of imide groups is 1. The van der Waals surface area contributed by atoms with Crippen molar-refractivity contribution >= 4 is 45.9 Å². The van der Waals surface area contributed by atoms with Crippen LogP contribution < -0.4 is 10.2 Å². The summed E-state index contributed by atoms with van der Waals surface area (Å²) in [5, 5.41) is 3.17. The maximum atomic E-state index is 13.1. The van der Waals surface area contributed by atoms with E-state index < -0.39 is 11.3 Å². The fourth-order valence-corrected chi connectivity index (χ4v) is 5.12. The molecule has 3 heterocycles. The van der Waals surface area contributed by atoms with Gasteiger partial charge >= 0.3 is 6.03 Å². The van der Waals surface area contributed by atoms with Crippen LogP contribution in [0.15, 0.2) is 48.8 Å². The minimum atomic E-state index is -0.409. The molecule has 5 rings (SSSR count). The smallest absolute Gasteiger partial charge is 0.329 e. The van der Waals surface area contributed by atoms with Crippen LogP contribution in [-0.2, 0) is 4.79 Å². The molecule has 0 spiro atoms. The van der Waals surface area contributed by atoms with Crippen LogP contribution in [0.2, 0.25) is 5.02 Å². The molecule has 2 aromatic rings.